The molecular weight excluding hydrogens is 270 g/mol. The van der Waals surface area contributed by atoms with Crippen LogP contribution in [0.25, 0.3) is 0 Å². The number of nitrogens with zero attached hydrogens (tertiary/aromatic N) is 3. The molecule has 1 N–H and O–H groups in total. The fourth-order valence-corrected chi connectivity index (χ4v) is 2.92. The van der Waals surface area contributed by atoms with Crippen molar-refractivity contribution in [3.8, 4) is 0 Å². The van der Waals surface area contributed by atoms with Crippen LogP contribution >= 0.6 is 0 Å². The summed E-state index contributed by atoms with van der Waals surface area (Å²) in [7, 11) is 0. The van der Waals surface area contributed by atoms with Gasteiger partial charge >= 0.3 is 5.97 Å². The van der Waals surface area contributed by atoms with Crippen molar-refractivity contribution < 1.29 is 14.3 Å². The number of aliphatic carboxylic acids is 1. The van der Waals surface area contributed by atoms with Crippen LogP contribution in [0.4, 0.5) is 0 Å². The van der Waals surface area contributed by atoms with Gasteiger partial charge in [0, 0.05) is 44.9 Å². The molecule has 1 fully saturated rings. The van der Waals surface area contributed by atoms with Crippen LogP contribution in [-0.2, 0) is 11.3 Å². The van der Waals surface area contributed by atoms with Crippen LogP contribution in [0.5, 0.6) is 0 Å². The second-order valence-electron chi connectivity index (χ2n) is 5.38. The minimum absolute atomic E-state index is 0.0153. The van der Waals surface area contributed by atoms with Crippen molar-refractivity contribution in [3.05, 3.63) is 47.9 Å². The largest absolute Gasteiger partial charge is 0.481 e. The van der Waals surface area contributed by atoms with Gasteiger partial charge in [0.25, 0.3) is 0 Å². The standard InChI is InChI=1S/C15H17N3O3/c1-10-17-12(9-21-10)6-18-7-13(14(8-18)15(19)20)11-2-4-16-5-3-11/h2-5,9,13-14H,6-8H2,1H3,(H,19,20)/t13-,14+/m1/s1. The van der Waals surface area contributed by atoms with Crippen LogP contribution in [0.15, 0.2) is 35.2 Å². The van der Waals surface area contributed by atoms with Gasteiger partial charge in [-0.25, -0.2) is 4.98 Å². The van der Waals surface area contributed by atoms with E-state index in [0.717, 1.165) is 11.3 Å². The summed E-state index contributed by atoms with van der Waals surface area (Å²) in [4.78, 5) is 21.9. The zero-order valence-corrected chi connectivity index (χ0v) is 11.8. The molecule has 0 spiro atoms. The predicted molar refractivity (Wildman–Crippen MR) is 74.6 cm³/mol. The molecule has 6 heteroatoms. The van der Waals surface area contributed by atoms with Crippen LogP contribution in [0.2, 0.25) is 0 Å². The Morgan fingerprint density at radius 1 is 1.43 bits per heavy atom. The fraction of sp³-hybridized carbons (Fsp3) is 0.400. The quantitative estimate of drug-likeness (QED) is 0.921. The summed E-state index contributed by atoms with van der Waals surface area (Å²) in [6.07, 6.45) is 5.04. The zero-order valence-electron chi connectivity index (χ0n) is 11.8. The van der Waals surface area contributed by atoms with E-state index in [-0.39, 0.29) is 5.92 Å². The highest BCUT2D eigenvalue weighted by Crippen LogP contribution is 2.33. The van der Waals surface area contributed by atoms with Crippen LogP contribution < -0.4 is 0 Å². The summed E-state index contributed by atoms with van der Waals surface area (Å²) in [6, 6.07) is 3.79. The smallest absolute Gasteiger partial charge is 0.308 e. The lowest BCUT2D eigenvalue weighted by Gasteiger charge is -2.14. The van der Waals surface area contributed by atoms with Gasteiger partial charge < -0.3 is 9.52 Å². The number of hydrogen-bond donors (Lipinski definition) is 1. The monoisotopic (exact) mass is 287 g/mol. The molecule has 0 amide bonds. The van der Waals surface area contributed by atoms with E-state index in [1.807, 2.05) is 12.1 Å². The van der Waals surface area contributed by atoms with Gasteiger partial charge in [0.2, 0.25) is 0 Å². The number of carboxylic acids is 1. The Bertz CT molecular complexity index is 626. The summed E-state index contributed by atoms with van der Waals surface area (Å²) in [5.74, 6) is -0.542. The number of aromatic nitrogens is 2. The molecule has 1 aliphatic rings. The maximum absolute atomic E-state index is 11.5. The van der Waals surface area contributed by atoms with Gasteiger partial charge in [0.05, 0.1) is 11.6 Å². The average molecular weight is 287 g/mol. The molecule has 21 heavy (non-hydrogen) atoms. The Morgan fingerprint density at radius 3 is 2.81 bits per heavy atom. The van der Waals surface area contributed by atoms with Crippen molar-refractivity contribution in [1.82, 2.24) is 14.9 Å². The average Bonchev–Trinajstić information content (AvgIpc) is 3.07. The normalized spacial score (nSPS) is 22.5. The second-order valence-corrected chi connectivity index (χ2v) is 5.38. The molecule has 0 aromatic carbocycles. The van der Waals surface area contributed by atoms with Gasteiger partial charge in [0.1, 0.15) is 6.26 Å². The second kappa shape index (κ2) is 5.65. The molecule has 1 aliphatic heterocycles. The molecule has 2 aromatic heterocycles. The van der Waals surface area contributed by atoms with E-state index in [9.17, 15) is 9.90 Å². The molecule has 2 aromatic rings. The number of carbonyl (C=O) groups is 1. The molecule has 0 radical (unpaired) electrons. The number of hydrogen-bond acceptors (Lipinski definition) is 5. The molecule has 3 heterocycles. The molecule has 3 rings (SSSR count). The molecular formula is C15H17N3O3. The van der Waals surface area contributed by atoms with Crippen molar-refractivity contribution in [2.75, 3.05) is 13.1 Å². The molecule has 0 bridgehead atoms. The van der Waals surface area contributed by atoms with Crippen LogP contribution in [0.1, 0.15) is 23.1 Å². The first-order chi connectivity index (χ1) is 10.1. The van der Waals surface area contributed by atoms with Crippen molar-refractivity contribution in [3.63, 3.8) is 0 Å². The Morgan fingerprint density at radius 2 is 2.19 bits per heavy atom. The molecule has 110 valence electrons. The number of pyridine rings is 1. The van der Waals surface area contributed by atoms with E-state index in [1.54, 1.807) is 25.6 Å². The Kier molecular flexibility index (Phi) is 3.70. The van der Waals surface area contributed by atoms with Gasteiger partial charge in [-0.15, -0.1) is 0 Å². The van der Waals surface area contributed by atoms with E-state index >= 15 is 0 Å². The highest BCUT2D eigenvalue weighted by Gasteiger charge is 2.38. The third kappa shape index (κ3) is 2.95. The number of oxazole rings is 1. The number of carboxylic acid groups (broad SMARTS) is 1. The summed E-state index contributed by atoms with van der Waals surface area (Å²) < 4.78 is 5.20. The molecule has 6 nitrogen and oxygen atoms in total. The number of likely N-dealkylation sites (tertiary alicyclic amines) is 1. The van der Waals surface area contributed by atoms with Crippen LogP contribution in [-0.4, -0.2) is 39.0 Å². The summed E-state index contributed by atoms with van der Waals surface area (Å²) >= 11 is 0. The van der Waals surface area contributed by atoms with E-state index in [0.29, 0.717) is 25.5 Å². The van der Waals surface area contributed by atoms with Gasteiger partial charge in [-0.1, -0.05) is 0 Å². The lowest BCUT2D eigenvalue weighted by Crippen LogP contribution is -2.23. The first-order valence-electron chi connectivity index (χ1n) is 6.89. The molecule has 0 saturated carbocycles. The summed E-state index contributed by atoms with van der Waals surface area (Å²) in [6.45, 7) is 3.64. The first-order valence-corrected chi connectivity index (χ1v) is 6.89. The first kappa shape index (κ1) is 13.8. The topological polar surface area (TPSA) is 79.5 Å². The fourth-order valence-electron chi connectivity index (χ4n) is 2.92. The van der Waals surface area contributed by atoms with E-state index in [1.165, 1.54) is 0 Å². The van der Waals surface area contributed by atoms with Crippen LogP contribution in [0.3, 0.4) is 0 Å². The van der Waals surface area contributed by atoms with Gasteiger partial charge in [-0.3, -0.25) is 14.7 Å². The third-order valence-corrected chi connectivity index (χ3v) is 3.90. The van der Waals surface area contributed by atoms with Crippen molar-refractivity contribution in [1.29, 1.82) is 0 Å². The summed E-state index contributed by atoms with van der Waals surface area (Å²) in [5.41, 5.74) is 1.86. The lowest BCUT2D eigenvalue weighted by atomic mass is 9.90. The Hall–Kier alpha value is -2.21. The molecule has 0 unspecified atom stereocenters. The molecule has 1 saturated heterocycles. The van der Waals surface area contributed by atoms with Gasteiger partial charge in [-0.05, 0) is 17.7 Å². The predicted octanol–water partition coefficient (Wildman–Crippen LogP) is 1.68. The SMILES string of the molecule is Cc1nc(CN2C[C@H](C(=O)O)[C@@H](c3ccncc3)C2)co1. The Labute approximate surface area is 122 Å². The summed E-state index contributed by atoms with van der Waals surface area (Å²) in [5, 5.41) is 9.46. The van der Waals surface area contributed by atoms with Crippen molar-refractivity contribution in [2.24, 2.45) is 5.92 Å². The molecule has 0 aliphatic carbocycles. The lowest BCUT2D eigenvalue weighted by molar-refractivity contribution is -0.141. The van der Waals surface area contributed by atoms with Gasteiger partial charge in [-0.2, -0.15) is 0 Å². The molecule has 2 atom stereocenters. The minimum Gasteiger partial charge on any atom is -0.481 e. The van der Waals surface area contributed by atoms with E-state index in [2.05, 4.69) is 14.9 Å². The van der Waals surface area contributed by atoms with Crippen LogP contribution in [0, 0.1) is 12.8 Å². The maximum atomic E-state index is 11.5. The number of aryl methyl sites for hydroxylation is 1. The number of rotatable bonds is 4. The van der Waals surface area contributed by atoms with Crippen molar-refractivity contribution in [2.45, 2.75) is 19.4 Å². The van der Waals surface area contributed by atoms with Gasteiger partial charge in [0.15, 0.2) is 5.89 Å². The van der Waals surface area contributed by atoms with Crippen molar-refractivity contribution >= 4 is 5.97 Å². The maximum Gasteiger partial charge on any atom is 0.308 e. The minimum atomic E-state index is -0.754. The third-order valence-electron chi connectivity index (χ3n) is 3.90. The highest BCUT2D eigenvalue weighted by molar-refractivity contribution is 5.72. The van der Waals surface area contributed by atoms with E-state index < -0.39 is 11.9 Å². The zero-order chi connectivity index (χ0) is 14.8. The Balaban J connectivity index is 1.76. The highest BCUT2D eigenvalue weighted by atomic mass is 16.4. The van der Waals surface area contributed by atoms with E-state index in [4.69, 9.17) is 4.42 Å².